The molecule has 0 radical (unpaired) electrons. The molecule has 5 nitrogen and oxygen atoms in total. The molecule has 1 rings (SSSR count). The zero-order chi connectivity index (χ0) is 11.5. The fraction of sp³-hybridized carbons (Fsp3) is 0.571. The summed E-state index contributed by atoms with van der Waals surface area (Å²) in [6, 6.07) is 0. The maximum Gasteiger partial charge on any atom is 0.397 e. The van der Waals surface area contributed by atoms with E-state index in [0.717, 1.165) is 0 Å². The highest BCUT2D eigenvalue weighted by Crippen LogP contribution is 2.19. The highest BCUT2D eigenvalue weighted by Gasteiger charge is 2.31. The van der Waals surface area contributed by atoms with Crippen LogP contribution in [0.15, 0.2) is 4.52 Å². The molecule has 84 valence electrons. The first-order valence-electron chi connectivity index (χ1n) is 3.99. The molecule has 0 saturated heterocycles. The molecule has 8 heteroatoms. The minimum absolute atomic E-state index is 0.0792. The van der Waals surface area contributed by atoms with Crippen LogP contribution in [-0.4, -0.2) is 28.9 Å². The lowest BCUT2D eigenvalue weighted by molar-refractivity contribution is -0.128. The molecule has 15 heavy (non-hydrogen) atoms. The van der Waals surface area contributed by atoms with Crippen LogP contribution in [0.4, 0.5) is 13.2 Å². The molecule has 1 aromatic heterocycles. The molecule has 0 aliphatic heterocycles. The van der Waals surface area contributed by atoms with Gasteiger partial charge in [-0.1, -0.05) is 5.16 Å². The Morgan fingerprint density at radius 3 is 2.73 bits per heavy atom. The summed E-state index contributed by atoms with van der Waals surface area (Å²) in [4.78, 5) is 14.2. The predicted octanol–water partition coefficient (Wildman–Crippen LogP) is 1.35. The number of alkyl halides is 3. The van der Waals surface area contributed by atoms with Crippen molar-refractivity contribution in [1.82, 2.24) is 10.1 Å². The van der Waals surface area contributed by atoms with Gasteiger partial charge in [-0.25, -0.2) is 4.79 Å². The van der Waals surface area contributed by atoms with Crippen molar-refractivity contribution in [3.8, 4) is 0 Å². The Kier molecular flexibility index (Phi) is 3.28. The van der Waals surface area contributed by atoms with E-state index in [0.29, 0.717) is 0 Å². The zero-order valence-electron chi connectivity index (χ0n) is 7.67. The van der Waals surface area contributed by atoms with Crippen LogP contribution in [0, 0.1) is 0 Å². The monoisotopic (exact) mass is 224 g/mol. The predicted molar refractivity (Wildman–Crippen MR) is 40.0 cm³/mol. The number of nitrogens with zero attached hydrogens (tertiary/aromatic N) is 2. The van der Waals surface area contributed by atoms with Gasteiger partial charge in [-0.05, 0) is 6.92 Å². The van der Waals surface area contributed by atoms with Crippen LogP contribution in [0.25, 0.3) is 0 Å². The molecule has 0 bridgehead atoms. The van der Waals surface area contributed by atoms with Gasteiger partial charge in [0.25, 0.3) is 0 Å². The molecule has 0 fully saturated rings. The van der Waals surface area contributed by atoms with Crippen LogP contribution in [0.2, 0.25) is 0 Å². The third-order valence-corrected chi connectivity index (χ3v) is 1.28. The minimum atomic E-state index is -4.43. The van der Waals surface area contributed by atoms with Crippen molar-refractivity contribution in [1.29, 1.82) is 0 Å². The number of rotatable bonds is 3. The highest BCUT2D eigenvalue weighted by atomic mass is 19.4. The Morgan fingerprint density at radius 1 is 1.53 bits per heavy atom. The van der Waals surface area contributed by atoms with E-state index in [-0.39, 0.29) is 6.61 Å². The van der Waals surface area contributed by atoms with Gasteiger partial charge in [0.15, 0.2) is 5.82 Å². The molecule has 0 unspecified atom stereocenters. The van der Waals surface area contributed by atoms with E-state index >= 15 is 0 Å². The molecular weight excluding hydrogens is 217 g/mol. The van der Waals surface area contributed by atoms with Crippen molar-refractivity contribution in [2.24, 2.45) is 0 Å². The van der Waals surface area contributed by atoms with Crippen LogP contribution in [0.1, 0.15) is 23.4 Å². The number of carbonyl (C=O) groups excluding carboxylic acids is 1. The summed E-state index contributed by atoms with van der Waals surface area (Å²) in [5.74, 6) is -2.10. The molecule has 1 aromatic rings. The molecule has 0 aliphatic carbocycles. The van der Waals surface area contributed by atoms with Gasteiger partial charge in [-0.2, -0.15) is 18.2 Å². The molecule has 0 spiro atoms. The van der Waals surface area contributed by atoms with Gasteiger partial charge in [0.1, 0.15) is 6.42 Å². The maximum absolute atomic E-state index is 11.9. The lowest BCUT2D eigenvalue weighted by Gasteiger charge is -1.99. The average molecular weight is 224 g/mol. The summed E-state index contributed by atoms with van der Waals surface area (Å²) in [5.41, 5.74) is 0. The van der Waals surface area contributed by atoms with Gasteiger partial charge in [-0.3, -0.25) is 0 Å². The Hall–Kier alpha value is -1.60. The summed E-state index contributed by atoms with van der Waals surface area (Å²) in [5, 5.41) is 3.00. The SMILES string of the molecule is CCOC(=O)c1nc(CC(F)(F)F)no1. The van der Waals surface area contributed by atoms with E-state index in [4.69, 9.17) is 0 Å². The number of halogens is 3. The van der Waals surface area contributed by atoms with Crippen LogP contribution >= 0.6 is 0 Å². The molecule has 0 N–H and O–H groups in total. The van der Waals surface area contributed by atoms with Crippen LogP contribution in [0.3, 0.4) is 0 Å². The second-order valence-electron chi connectivity index (χ2n) is 2.53. The first-order valence-corrected chi connectivity index (χ1v) is 3.99. The number of hydrogen-bond acceptors (Lipinski definition) is 5. The molecule has 0 saturated carbocycles. The fourth-order valence-corrected chi connectivity index (χ4v) is 0.781. The molecular formula is C7H7F3N2O3. The van der Waals surface area contributed by atoms with Crippen LogP contribution in [-0.2, 0) is 11.2 Å². The van der Waals surface area contributed by atoms with Crippen molar-refractivity contribution in [2.45, 2.75) is 19.5 Å². The normalized spacial score (nSPS) is 11.5. The Labute approximate surface area is 82.2 Å². The Balaban J connectivity index is 2.68. The van der Waals surface area contributed by atoms with E-state index in [9.17, 15) is 18.0 Å². The van der Waals surface area contributed by atoms with Gasteiger partial charge in [0.2, 0.25) is 0 Å². The van der Waals surface area contributed by atoms with Crippen molar-refractivity contribution in [3.63, 3.8) is 0 Å². The minimum Gasteiger partial charge on any atom is -0.459 e. The van der Waals surface area contributed by atoms with Crippen molar-refractivity contribution < 1.29 is 27.2 Å². The molecule has 0 aromatic carbocycles. The van der Waals surface area contributed by atoms with Crippen molar-refractivity contribution in [3.05, 3.63) is 11.7 Å². The number of esters is 1. The largest absolute Gasteiger partial charge is 0.459 e. The van der Waals surface area contributed by atoms with E-state index in [1.807, 2.05) is 0 Å². The fourth-order valence-electron chi connectivity index (χ4n) is 0.781. The molecule has 1 heterocycles. The zero-order valence-corrected chi connectivity index (χ0v) is 7.67. The Morgan fingerprint density at radius 2 is 2.20 bits per heavy atom. The quantitative estimate of drug-likeness (QED) is 0.725. The van der Waals surface area contributed by atoms with E-state index in [2.05, 4.69) is 19.4 Å². The smallest absolute Gasteiger partial charge is 0.397 e. The topological polar surface area (TPSA) is 65.2 Å². The Bertz CT molecular complexity index is 347. The lowest BCUT2D eigenvalue weighted by atomic mass is 10.4. The van der Waals surface area contributed by atoms with Crippen molar-refractivity contribution >= 4 is 5.97 Å². The summed E-state index contributed by atoms with van der Waals surface area (Å²) in [7, 11) is 0. The third-order valence-electron chi connectivity index (χ3n) is 1.28. The molecule has 0 atom stereocenters. The second-order valence-corrected chi connectivity index (χ2v) is 2.53. The first-order chi connectivity index (χ1) is 6.92. The number of aromatic nitrogens is 2. The van der Waals surface area contributed by atoms with Crippen molar-refractivity contribution in [2.75, 3.05) is 6.61 Å². The van der Waals surface area contributed by atoms with Gasteiger partial charge in [0, 0.05) is 0 Å². The van der Waals surface area contributed by atoms with Gasteiger partial charge < -0.3 is 9.26 Å². The highest BCUT2D eigenvalue weighted by molar-refractivity contribution is 5.83. The van der Waals surface area contributed by atoms with E-state index in [1.165, 1.54) is 0 Å². The van der Waals surface area contributed by atoms with E-state index in [1.54, 1.807) is 6.92 Å². The average Bonchev–Trinajstić information content (AvgIpc) is 2.50. The maximum atomic E-state index is 11.9. The summed E-state index contributed by atoms with van der Waals surface area (Å²) in [6.45, 7) is 1.63. The second kappa shape index (κ2) is 4.28. The molecule has 0 amide bonds. The standard InChI is InChI=1S/C7H7F3N2O3/c1-2-14-6(13)5-11-4(12-15-5)3-7(8,9)10/h2-3H2,1H3. The number of hydrogen-bond donors (Lipinski definition) is 0. The third kappa shape index (κ3) is 3.56. The number of carbonyl (C=O) groups is 1. The van der Waals surface area contributed by atoms with Gasteiger partial charge in [0.05, 0.1) is 6.61 Å². The van der Waals surface area contributed by atoms with Crippen LogP contribution in [0.5, 0.6) is 0 Å². The van der Waals surface area contributed by atoms with Crippen LogP contribution < -0.4 is 0 Å². The summed E-state index contributed by atoms with van der Waals surface area (Å²) < 4.78 is 44.3. The first kappa shape index (κ1) is 11.5. The summed E-state index contributed by atoms with van der Waals surface area (Å²) in [6.07, 6.45) is -5.77. The summed E-state index contributed by atoms with van der Waals surface area (Å²) >= 11 is 0. The lowest BCUT2D eigenvalue weighted by Crippen LogP contribution is -2.13. The van der Waals surface area contributed by atoms with E-state index < -0.39 is 30.3 Å². The van der Waals surface area contributed by atoms with Gasteiger partial charge in [-0.15, -0.1) is 0 Å². The number of ether oxygens (including phenoxy) is 1. The molecule has 0 aliphatic rings. The van der Waals surface area contributed by atoms with Gasteiger partial charge >= 0.3 is 18.0 Å².